The molecule has 1 aromatic carbocycles. The number of hydrogen-bond donors (Lipinski definition) is 2. The van der Waals surface area contributed by atoms with Crippen molar-refractivity contribution in [2.75, 3.05) is 6.16 Å². The number of unbranched alkanes of at least 4 members (excludes halogenated alkanes) is 1. The summed E-state index contributed by atoms with van der Waals surface area (Å²) in [5, 5.41) is 0. The van der Waals surface area contributed by atoms with E-state index in [0.717, 1.165) is 46.1 Å². The van der Waals surface area contributed by atoms with Crippen molar-refractivity contribution in [3.8, 4) is 12.3 Å². The highest BCUT2D eigenvalue weighted by atomic mass is 79.9. The monoisotopic (exact) mass is 590 g/mol. The quantitative estimate of drug-likeness (QED) is 0.200. The van der Waals surface area contributed by atoms with Gasteiger partial charge in [-0.25, -0.2) is 14.3 Å². The fourth-order valence-corrected chi connectivity index (χ4v) is 6.26. The summed E-state index contributed by atoms with van der Waals surface area (Å²) in [6, 6.07) is 7.98. The van der Waals surface area contributed by atoms with Crippen molar-refractivity contribution in [2.45, 2.75) is 71.0 Å². The van der Waals surface area contributed by atoms with Crippen molar-refractivity contribution >= 4 is 34.7 Å². The van der Waals surface area contributed by atoms with E-state index < -0.39 is 18.8 Å². The normalized spacial score (nSPS) is 14.4. The molecule has 0 aliphatic heterocycles. The highest BCUT2D eigenvalue weighted by molar-refractivity contribution is 9.10. The number of nitrogens with zero attached hydrogens (tertiary/aromatic N) is 4. The molecule has 0 radical (unpaired) electrons. The van der Waals surface area contributed by atoms with Gasteiger partial charge < -0.3 is 14.4 Å². The number of imidazole rings is 1. The van der Waals surface area contributed by atoms with E-state index >= 15 is 0 Å². The predicted octanol–water partition coefficient (Wildman–Crippen LogP) is 3.69. The van der Waals surface area contributed by atoms with Gasteiger partial charge in [0, 0.05) is 30.1 Å². The second kappa shape index (κ2) is 12.0. The summed E-state index contributed by atoms with van der Waals surface area (Å²) in [4.78, 5) is 50.1. The Morgan fingerprint density at radius 1 is 1.08 bits per heavy atom. The number of rotatable bonds is 11. The SMILES string of the molecule is C#CCn1c(=O)c2c(nc(CCc3ccccc3Br)n2CC2CCCC2)n(CCCCP(=O)(O)O)c1=O. The number of benzene rings is 1. The van der Waals surface area contributed by atoms with E-state index in [0.29, 0.717) is 42.9 Å². The molecule has 37 heavy (non-hydrogen) atoms. The van der Waals surface area contributed by atoms with Crippen LogP contribution in [0, 0.1) is 18.3 Å². The van der Waals surface area contributed by atoms with Gasteiger partial charge in [-0.05, 0) is 49.7 Å². The van der Waals surface area contributed by atoms with E-state index in [1.807, 2.05) is 28.8 Å². The fourth-order valence-electron chi connectivity index (χ4n) is 5.14. The maximum atomic E-state index is 13.6. The molecule has 11 heteroatoms. The second-order valence-electron chi connectivity index (χ2n) is 9.68. The van der Waals surface area contributed by atoms with E-state index in [4.69, 9.17) is 11.4 Å². The molecule has 0 amide bonds. The van der Waals surface area contributed by atoms with Crippen molar-refractivity contribution < 1.29 is 14.4 Å². The van der Waals surface area contributed by atoms with Crippen molar-refractivity contribution in [1.29, 1.82) is 0 Å². The summed E-state index contributed by atoms with van der Waals surface area (Å²) in [7, 11) is -4.13. The van der Waals surface area contributed by atoms with Gasteiger partial charge in [0.2, 0.25) is 0 Å². The molecule has 2 aromatic heterocycles. The first-order valence-corrected chi connectivity index (χ1v) is 15.2. The van der Waals surface area contributed by atoms with Crippen molar-refractivity contribution in [3.63, 3.8) is 0 Å². The Balaban J connectivity index is 1.80. The first-order chi connectivity index (χ1) is 17.7. The van der Waals surface area contributed by atoms with Gasteiger partial charge >= 0.3 is 13.3 Å². The van der Waals surface area contributed by atoms with E-state index in [2.05, 4.69) is 21.9 Å². The maximum Gasteiger partial charge on any atom is 0.333 e. The summed E-state index contributed by atoms with van der Waals surface area (Å²) in [6.45, 7) is 0.685. The van der Waals surface area contributed by atoms with Crippen molar-refractivity contribution in [3.05, 3.63) is 61.0 Å². The molecule has 2 heterocycles. The zero-order chi connectivity index (χ0) is 26.6. The summed E-state index contributed by atoms with van der Waals surface area (Å²) >= 11 is 3.60. The number of halogens is 1. The fraction of sp³-hybridized carbons (Fsp3) is 0.500. The number of hydrogen-bond acceptors (Lipinski definition) is 4. The van der Waals surface area contributed by atoms with Crippen LogP contribution in [0.5, 0.6) is 0 Å². The van der Waals surface area contributed by atoms with Gasteiger partial charge in [-0.15, -0.1) is 6.42 Å². The molecular weight excluding hydrogens is 559 g/mol. The average molecular weight is 591 g/mol. The van der Waals surface area contributed by atoms with Crippen LogP contribution in [0.2, 0.25) is 0 Å². The summed E-state index contributed by atoms with van der Waals surface area (Å²) in [5.74, 6) is 3.59. The van der Waals surface area contributed by atoms with E-state index in [9.17, 15) is 23.9 Å². The lowest BCUT2D eigenvalue weighted by Gasteiger charge is -2.15. The molecule has 0 bridgehead atoms. The van der Waals surface area contributed by atoms with Crippen LogP contribution in [0.4, 0.5) is 0 Å². The lowest BCUT2D eigenvalue weighted by atomic mass is 10.1. The average Bonchev–Trinajstić information content (AvgIpc) is 3.48. The molecule has 1 aliphatic rings. The van der Waals surface area contributed by atoms with E-state index in [1.165, 1.54) is 4.57 Å². The largest absolute Gasteiger partial charge is 0.333 e. The molecule has 1 saturated carbocycles. The van der Waals surface area contributed by atoms with Gasteiger partial charge in [-0.3, -0.25) is 13.9 Å². The van der Waals surface area contributed by atoms with Gasteiger partial charge in [0.25, 0.3) is 5.56 Å². The van der Waals surface area contributed by atoms with Crippen LogP contribution in [0.25, 0.3) is 11.2 Å². The van der Waals surface area contributed by atoms with Gasteiger partial charge in [-0.2, -0.15) is 0 Å². The molecular formula is C26H32BrN4O5P. The van der Waals surface area contributed by atoms with Crippen LogP contribution in [-0.4, -0.2) is 34.6 Å². The van der Waals surface area contributed by atoms with Gasteiger partial charge in [0.05, 0.1) is 6.54 Å². The number of aryl methyl sites for hydroxylation is 3. The minimum Gasteiger partial charge on any atom is -0.324 e. The van der Waals surface area contributed by atoms with Crippen LogP contribution in [0.1, 0.15) is 49.9 Å². The third-order valence-corrected chi connectivity index (χ3v) is 8.69. The lowest BCUT2D eigenvalue weighted by molar-refractivity contribution is 0.370. The molecule has 1 fully saturated rings. The van der Waals surface area contributed by atoms with E-state index in [1.54, 1.807) is 0 Å². The molecule has 0 saturated heterocycles. The Hall–Kier alpha value is -2.44. The Labute approximate surface area is 223 Å². The molecule has 0 unspecified atom stereocenters. The summed E-state index contributed by atoms with van der Waals surface area (Å²) in [5.41, 5.74) is 0.830. The summed E-state index contributed by atoms with van der Waals surface area (Å²) in [6.07, 6.45) is 11.6. The first-order valence-electron chi connectivity index (χ1n) is 12.6. The van der Waals surface area contributed by atoms with Gasteiger partial charge in [-0.1, -0.05) is 52.9 Å². The van der Waals surface area contributed by atoms with Crippen LogP contribution in [0.3, 0.4) is 0 Å². The molecule has 9 nitrogen and oxygen atoms in total. The van der Waals surface area contributed by atoms with Gasteiger partial charge in [0.15, 0.2) is 11.2 Å². The lowest BCUT2D eigenvalue weighted by Crippen LogP contribution is -2.40. The topological polar surface area (TPSA) is 119 Å². The minimum atomic E-state index is -4.13. The Morgan fingerprint density at radius 3 is 2.49 bits per heavy atom. The third-order valence-electron chi connectivity index (χ3n) is 7.02. The van der Waals surface area contributed by atoms with Gasteiger partial charge in [0.1, 0.15) is 5.82 Å². The molecule has 3 aromatic rings. The Morgan fingerprint density at radius 2 is 1.81 bits per heavy atom. The van der Waals surface area contributed by atoms with Crippen LogP contribution in [-0.2, 0) is 37.0 Å². The molecule has 1 aliphatic carbocycles. The number of aromatic nitrogens is 4. The standard InChI is InChI=1S/C26H32BrN4O5P/c1-2-15-30-25(32)23-24(29(26(30)33)16-7-8-17-37(34,35)36)28-22(31(23)18-19-9-3-4-10-19)14-13-20-11-5-6-12-21(20)27/h1,5-6,11-12,19H,3-4,7-10,13-18H2,(H2,34,35,36). The highest BCUT2D eigenvalue weighted by Crippen LogP contribution is 2.35. The second-order valence-corrected chi connectivity index (χ2v) is 12.3. The Kier molecular flexibility index (Phi) is 8.91. The van der Waals surface area contributed by atoms with Crippen LogP contribution in [0.15, 0.2) is 38.3 Å². The zero-order valence-electron chi connectivity index (χ0n) is 20.7. The number of terminal acetylenes is 1. The minimum absolute atomic E-state index is 0.156. The zero-order valence-corrected chi connectivity index (χ0v) is 23.2. The molecule has 2 N–H and O–H groups in total. The molecule has 0 spiro atoms. The highest BCUT2D eigenvalue weighted by Gasteiger charge is 2.25. The molecule has 198 valence electrons. The van der Waals surface area contributed by atoms with Crippen LogP contribution >= 0.6 is 23.5 Å². The predicted molar refractivity (Wildman–Crippen MR) is 147 cm³/mol. The van der Waals surface area contributed by atoms with E-state index in [-0.39, 0.29) is 25.7 Å². The third kappa shape index (κ3) is 6.53. The molecule has 4 rings (SSSR count). The number of fused-ring (bicyclic) bond motifs is 1. The maximum absolute atomic E-state index is 13.6. The van der Waals surface area contributed by atoms with Crippen LogP contribution < -0.4 is 11.2 Å². The molecule has 0 atom stereocenters. The smallest absolute Gasteiger partial charge is 0.324 e. The Bertz CT molecular complexity index is 1470. The first kappa shape index (κ1) is 27.6. The van der Waals surface area contributed by atoms with Crippen molar-refractivity contribution in [2.24, 2.45) is 5.92 Å². The summed E-state index contributed by atoms with van der Waals surface area (Å²) < 4.78 is 16.8. The van der Waals surface area contributed by atoms with Crippen molar-refractivity contribution in [1.82, 2.24) is 18.7 Å².